The number of aromatic nitrogens is 2. The van der Waals surface area contributed by atoms with Gasteiger partial charge in [-0.3, -0.25) is 0 Å². The average Bonchev–Trinajstić information content (AvgIpc) is 3.14. The van der Waals surface area contributed by atoms with Crippen LogP contribution in [0.3, 0.4) is 0 Å². The molecule has 0 bridgehead atoms. The zero-order valence-electron chi connectivity index (χ0n) is 51.4. The van der Waals surface area contributed by atoms with Gasteiger partial charge in [0, 0.05) is 58.9 Å². The van der Waals surface area contributed by atoms with Crippen molar-refractivity contribution in [2.75, 3.05) is 27.2 Å². The minimum absolute atomic E-state index is 0. The van der Waals surface area contributed by atoms with Gasteiger partial charge >= 0.3 is 26.2 Å². The van der Waals surface area contributed by atoms with Crippen LogP contribution in [0.15, 0.2) is 158 Å². The maximum atomic E-state index is 12.2. The van der Waals surface area contributed by atoms with Crippen LogP contribution in [0.25, 0.3) is 55.0 Å². The molecule has 428 valence electrons. The van der Waals surface area contributed by atoms with Gasteiger partial charge in [0.15, 0.2) is 0 Å². The Morgan fingerprint density at radius 3 is 0.866 bits per heavy atom. The molecule has 0 saturated heterocycles. The third-order valence-electron chi connectivity index (χ3n) is 15.5. The molecule has 0 fully saturated rings. The summed E-state index contributed by atoms with van der Waals surface area (Å²) in [6.07, 6.45) is 0. The van der Waals surface area contributed by atoms with Crippen molar-refractivity contribution in [3.8, 4) is 22.9 Å². The fraction of sp³-hybridized carbons (Fsp3) is 0.333. The fourth-order valence-electron chi connectivity index (χ4n) is 10.7. The van der Waals surface area contributed by atoms with E-state index < -0.39 is 0 Å². The Labute approximate surface area is 512 Å². The summed E-state index contributed by atoms with van der Waals surface area (Å²) in [7, 11) is 4.25. The number of likely N-dealkylation sites (N-methyl/N-ethyl adjacent to an activating group) is 2. The van der Waals surface area contributed by atoms with E-state index in [4.69, 9.17) is 0 Å². The molecule has 6 nitrogen and oxygen atoms in total. The Kier molecular flexibility index (Phi) is 20.2. The van der Waals surface area contributed by atoms with E-state index >= 15 is 0 Å². The van der Waals surface area contributed by atoms with Crippen molar-refractivity contribution in [2.24, 2.45) is 0 Å². The molecule has 0 unspecified atom stereocenters. The van der Waals surface area contributed by atoms with Crippen LogP contribution < -0.4 is 0 Å². The topological polar surface area (TPSA) is 56.8 Å². The average molecular weight is 1170 g/mol. The van der Waals surface area contributed by atoms with E-state index in [0.717, 1.165) is 79.9 Å². The van der Waals surface area contributed by atoms with Crippen molar-refractivity contribution in [1.29, 1.82) is 0 Å². The van der Waals surface area contributed by atoms with Crippen molar-refractivity contribution >= 4 is 43.6 Å². The number of rotatable bonds is 9. The van der Waals surface area contributed by atoms with E-state index in [1.807, 2.05) is 60.7 Å². The fourth-order valence-corrected chi connectivity index (χ4v) is 10.7. The number of aryl methyl sites for hydroxylation is 2. The van der Waals surface area contributed by atoms with E-state index in [1.54, 1.807) is 0 Å². The maximum Gasteiger partial charge on any atom is 2.00 e. The Hall–Kier alpha value is -6.50. The van der Waals surface area contributed by atoms with Crippen LogP contribution in [0.2, 0.25) is 0 Å². The van der Waals surface area contributed by atoms with Gasteiger partial charge in [0.05, 0.1) is 33.4 Å². The molecule has 2 aromatic heterocycles. The van der Waals surface area contributed by atoms with Crippen LogP contribution in [-0.4, -0.2) is 56.3 Å². The number of aromatic hydroxyl groups is 2. The number of hydrogen-bond acceptors (Lipinski definition) is 4. The molecule has 10 rings (SSSR count). The maximum absolute atomic E-state index is 12.2. The number of phenolic OH excluding ortho intramolecular Hbond substituents is 2. The van der Waals surface area contributed by atoms with Gasteiger partial charge in [0.25, 0.3) is 0 Å². The molecule has 0 aliphatic heterocycles. The molecule has 0 amide bonds. The van der Waals surface area contributed by atoms with Crippen LogP contribution in [-0.2, 0) is 61.0 Å². The summed E-state index contributed by atoms with van der Waals surface area (Å²) in [5, 5.41) is 29.2. The molecule has 0 spiro atoms. The van der Waals surface area contributed by atoms with Crippen molar-refractivity contribution in [3.05, 3.63) is 227 Å². The van der Waals surface area contributed by atoms with Gasteiger partial charge in [-0.05, 0) is 144 Å². The molecular weight excluding hydrogens is 1080 g/mol. The Bertz CT molecular complexity index is 3410. The minimum Gasteiger partial charge on any atom is -0.505 e. The van der Waals surface area contributed by atoms with Gasteiger partial charge in [0.2, 0.25) is 0 Å². The van der Waals surface area contributed by atoms with Crippen molar-refractivity contribution < 1.29 is 36.4 Å². The van der Waals surface area contributed by atoms with Gasteiger partial charge < -0.3 is 29.1 Å². The summed E-state index contributed by atoms with van der Waals surface area (Å²) >= 11 is 0. The third kappa shape index (κ3) is 14.6. The molecule has 82 heavy (non-hydrogen) atoms. The first-order valence-electron chi connectivity index (χ1n) is 28.4. The Balaban J connectivity index is 0.000000590. The molecule has 8 aromatic carbocycles. The Morgan fingerprint density at radius 2 is 0.646 bits per heavy atom. The standard InChI is InChI=1S/C60H74N4O2.2C7H7.CH4.Zr/c1-37-27-39(55(65)53(29-37)63-49-21-17-41(57(3,4)5)31-45(49)46-32-42(58(6,7)8)18-22-50(46)63)35-61(15)25-26-62(16)36-40-28-38(2)30-54(56(40)66)64-51-23-19-43(59(9,10)11)33-47(51)48-34-44(60(12,13)14)20-24-52(48)64;2*1-7-5-3-2-4-6-7;;/h17-24,27-34,65-66H,25-26,35-36H2,1-16H3;2*2-6H,1H2;1H4;/q;2*-1;;+2. The van der Waals surface area contributed by atoms with Gasteiger partial charge in [-0.15, -0.1) is 24.3 Å². The molecule has 10 aromatic rings. The molecule has 0 atom stereocenters. The van der Waals surface area contributed by atoms with E-state index in [2.05, 4.69) is 241 Å². The molecular formula is C75H92N4O2Zr. The zero-order valence-corrected chi connectivity index (χ0v) is 53.9. The second-order valence-corrected chi connectivity index (χ2v) is 26.6. The van der Waals surface area contributed by atoms with Crippen molar-refractivity contribution in [1.82, 2.24) is 18.9 Å². The quantitative estimate of drug-likeness (QED) is 0.141. The van der Waals surface area contributed by atoms with E-state index in [-0.39, 0.29) is 55.3 Å². The molecule has 7 heteroatoms. The molecule has 0 aliphatic carbocycles. The largest absolute Gasteiger partial charge is 2.00 e. The monoisotopic (exact) mass is 1170 g/mol. The number of phenols is 2. The van der Waals surface area contributed by atoms with Gasteiger partial charge in [-0.1, -0.05) is 139 Å². The van der Waals surface area contributed by atoms with Crippen LogP contribution in [0.4, 0.5) is 0 Å². The number of nitrogens with zero attached hydrogens (tertiary/aromatic N) is 4. The van der Waals surface area contributed by atoms with E-state index in [0.29, 0.717) is 24.6 Å². The number of benzene rings is 8. The molecule has 2 N–H and O–H groups in total. The van der Waals surface area contributed by atoms with Gasteiger partial charge in [-0.25, -0.2) is 0 Å². The first kappa shape index (κ1) is 64.7. The normalized spacial score (nSPS) is 12.1. The smallest absolute Gasteiger partial charge is 0.505 e. The number of hydrogen-bond donors (Lipinski definition) is 2. The molecule has 0 aliphatic rings. The minimum atomic E-state index is 0. The summed E-state index contributed by atoms with van der Waals surface area (Å²) in [5.74, 6) is 0.622. The number of fused-ring (bicyclic) bond motifs is 6. The third-order valence-corrected chi connectivity index (χ3v) is 15.5. The Morgan fingerprint density at radius 1 is 0.390 bits per heavy atom. The van der Waals surface area contributed by atoms with Crippen molar-refractivity contribution in [3.63, 3.8) is 0 Å². The van der Waals surface area contributed by atoms with Gasteiger partial charge in [0.1, 0.15) is 11.5 Å². The van der Waals surface area contributed by atoms with Crippen LogP contribution in [0, 0.1) is 27.7 Å². The molecule has 2 heterocycles. The van der Waals surface area contributed by atoms with Crippen LogP contribution in [0.1, 0.15) is 146 Å². The van der Waals surface area contributed by atoms with E-state index in [9.17, 15) is 10.2 Å². The summed E-state index contributed by atoms with van der Waals surface area (Å²) < 4.78 is 4.52. The zero-order chi connectivity index (χ0) is 58.2. The molecule has 0 saturated carbocycles. The van der Waals surface area contributed by atoms with Crippen LogP contribution in [0.5, 0.6) is 11.5 Å². The summed E-state index contributed by atoms with van der Waals surface area (Å²) in [4.78, 5) is 4.56. The summed E-state index contributed by atoms with van der Waals surface area (Å²) in [6.45, 7) is 41.6. The first-order valence-corrected chi connectivity index (χ1v) is 28.4. The van der Waals surface area contributed by atoms with Gasteiger partial charge in [-0.2, -0.15) is 49.2 Å². The van der Waals surface area contributed by atoms with Crippen LogP contribution >= 0.6 is 0 Å². The van der Waals surface area contributed by atoms with Crippen molar-refractivity contribution in [2.45, 2.75) is 139 Å². The van der Waals surface area contributed by atoms with E-state index in [1.165, 1.54) is 43.8 Å². The molecule has 0 radical (unpaired) electrons. The first-order chi connectivity index (χ1) is 37.5. The second kappa shape index (κ2) is 25.6. The second-order valence-electron chi connectivity index (χ2n) is 26.6. The predicted molar refractivity (Wildman–Crippen MR) is 350 cm³/mol. The summed E-state index contributed by atoms with van der Waals surface area (Å²) in [5.41, 5.74) is 17.3. The summed E-state index contributed by atoms with van der Waals surface area (Å²) in [6, 6.07) is 55.6. The SMILES string of the molecule is C.Cc1cc(CN(C)CCN(C)Cc2cc(C)cc(-n3c4ccc(C(C)(C)C)cc4c4cc(C(C)(C)C)ccc43)c2O)c(O)c(-n2c3ccc(C(C)(C)C)cc3c3cc(C(C)(C)C)ccc32)c1.[CH2-]c1ccccc1.[CH2-]c1ccccc1.[Zr+2]. The predicted octanol–water partition coefficient (Wildman–Crippen LogP) is 19.0.